The molecule has 0 bridgehead atoms. The summed E-state index contributed by atoms with van der Waals surface area (Å²) in [6.45, 7) is 0.587. The van der Waals surface area contributed by atoms with Crippen LogP contribution in [0.1, 0.15) is 54.3 Å². The molecule has 1 amide bonds. The largest absolute Gasteiger partial charge is 0.386 e. The van der Waals surface area contributed by atoms with Crippen LogP contribution < -0.4 is 5.32 Å². The summed E-state index contributed by atoms with van der Waals surface area (Å²) >= 11 is 0. The Kier molecular flexibility index (Phi) is 6.12. The highest BCUT2D eigenvalue weighted by Crippen LogP contribution is 2.20. The smallest absolute Gasteiger partial charge is 0.273 e. The molecule has 6 nitrogen and oxygen atoms in total. The van der Waals surface area contributed by atoms with Crippen molar-refractivity contribution in [1.29, 1.82) is 0 Å². The number of nitrogens with one attached hydrogen (secondary N) is 1. The van der Waals surface area contributed by atoms with Crippen molar-refractivity contribution in [2.24, 2.45) is 0 Å². The van der Waals surface area contributed by atoms with Crippen LogP contribution in [0, 0.1) is 5.82 Å². The Labute approximate surface area is 151 Å². The van der Waals surface area contributed by atoms with Gasteiger partial charge in [0.1, 0.15) is 11.9 Å². The van der Waals surface area contributed by atoms with Gasteiger partial charge in [-0.2, -0.15) is 0 Å². The van der Waals surface area contributed by atoms with Crippen molar-refractivity contribution in [1.82, 2.24) is 20.3 Å². The molecule has 2 aromatic rings. The van der Waals surface area contributed by atoms with E-state index in [1.807, 2.05) is 0 Å². The number of aliphatic hydroxyl groups is 1. The Morgan fingerprint density at radius 2 is 2.19 bits per heavy atom. The number of hydrogen-bond donors (Lipinski definition) is 2. The first-order valence-corrected chi connectivity index (χ1v) is 8.92. The Hall–Kier alpha value is -2.54. The predicted octanol–water partition coefficient (Wildman–Crippen LogP) is 2.77. The lowest BCUT2D eigenvalue weighted by Crippen LogP contribution is -2.25. The second-order valence-electron chi connectivity index (χ2n) is 6.48. The van der Waals surface area contributed by atoms with Crippen molar-refractivity contribution in [2.45, 2.75) is 44.8 Å². The molecule has 0 unspecified atom stereocenters. The van der Waals surface area contributed by atoms with Crippen LogP contribution in [0.3, 0.4) is 0 Å². The van der Waals surface area contributed by atoms with E-state index in [1.165, 1.54) is 41.4 Å². The van der Waals surface area contributed by atoms with Gasteiger partial charge >= 0.3 is 0 Å². The lowest BCUT2D eigenvalue weighted by molar-refractivity contribution is 0.0948. The molecule has 7 heteroatoms. The van der Waals surface area contributed by atoms with Crippen molar-refractivity contribution in [3.63, 3.8) is 0 Å². The summed E-state index contributed by atoms with van der Waals surface area (Å²) in [5.74, 6) is -0.775. The van der Waals surface area contributed by atoms with Gasteiger partial charge in [-0.05, 0) is 38.2 Å². The highest BCUT2D eigenvalue weighted by Gasteiger charge is 2.16. The zero-order valence-corrected chi connectivity index (χ0v) is 14.6. The van der Waals surface area contributed by atoms with Crippen molar-refractivity contribution in [2.75, 3.05) is 6.54 Å². The number of aromatic nitrogens is 3. The minimum atomic E-state index is -1.06. The Morgan fingerprint density at radius 3 is 2.96 bits per heavy atom. The van der Waals surface area contributed by atoms with Crippen LogP contribution in [-0.2, 0) is 6.54 Å². The van der Waals surface area contributed by atoms with E-state index in [4.69, 9.17) is 0 Å². The molecule has 0 saturated carbocycles. The fourth-order valence-electron chi connectivity index (χ4n) is 3.07. The number of rotatable bonds is 7. The molecule has 26 heavy (non-hydrogen) atoms. The molecular formula is C19H23FN4O2. The van der Waals surface area contributed by atoms with Gasteiger partial charge in [-0.1, -0.05) is 35.1 Å². The monoisotopic (exact) mass is 358 g/mol. The van der Waals surface area contributed by atoms with Crippen LogP contribution >= 0.6 is 0 Å². The molecule has 1 aliphatic carbocycles. The van der Waals surface area contributed by atoms with Gasteiger partial charge in [-0.15, -0.1) is 5.10 Å². The van der Waals surface area contributed by atoms with E-state index in [2.05, 4.69) is 21.7 Å². The first-order chi connectivity index (χ1) is 12.6. The Balaban J connectivity index is 1.51. The SMILES string of the molecule is O=C(NCCC1=CCCCC1)c1cn(C[C@@H](O)c2ccccc2F)nn1. The van der Waals surface area contributed by atoms with E-state index in [-0.39, 0.29) is 23.7 Å². The third-order valence-corrected chi connectivity index (χ3v) is 4.51. The minimum Gasteiger partial charge on any atom is -0.386 e. The summed E-state index contributed by atoms with van der Waals surface area (Å²) in [6, 6.07) is 6.03. The van der Waals surface area contributed by atoms with Gasteiger partial charge in [0.2, 0.25) is 0 Å². The quantitative estimate of drug-likeness (QED) is 0.746. The van der Waals surface area contributed by atoms with Crippen LogP contribution in [0.25, 0.3) is 0 Å². The summed E-state index contributed by atoms with van der Waals surface area (Å²) in [6.07, 6.45) is 8.21. The number of hydrogen-bond acceptors (Lipinski definition) is 4. The first kappa shape index (κ1) is 18.3. The van der Waals surface area contributed by atoms with Crippen molar-refractivity contribution in [3.8, 4) is 0 Å². The summed E-state index contributed by atoms with van der Waals surface area (Å²) in [5, 5.41) is 20.7. The number of carbonyl (C=O) groups is 1. The maximum atomic E-state index is 13.7. The summed E-state index contributed by atoms with van der Waals surface area (Å²) in [7, 11) is 0. The maximum absolute atomic E-state index is 13.7. The molecular weight excluding hydrogens is 335 g/mol. The topological polar surface area (TPSA) is 80.0 Å². The van der Waals surface area contributed by atoms with Gasteiger partial charge < -0.3 is 10.4 Å². The second-order valence-corrected chi connectivity index (χ2v) is 6.48. The van der Waals surface area contributed by atoms with Crippen LogP contribution in [0.5, 0.6) is 0 Å². The van der Waals surface area contributed by atoms with Crippen molar-refractivity contribution in [3.05, 3.63) is 59.2 Å². The normalized spacial score (nSPS) is 15.4. The van der Waals surface area contributed by atoms with Crippen molar-refractivity contribution < 1.29 is 14.3 Å². The standard InChI is InChI=1S/C19H23FN4O2/c20-16-9-5-4-8-15(16)18(25)13-24-12-17(22-23-24)19(26)21-11-10-14-6-2-1-3-7-14/h4-6,8-9,12,18,25H,1-3,7,10-11,13H2,(H,21,26)/t18-/m1/s1. The van der Waals surface area contributed by atoms with Gasteiger partial charge in [-0.25, -0.2) is 9.07 Å². The highest BCUT2D eigenvalue weighted by molar-refractivity contribution is 5.91. The summed E-state index contributed by atoms with van der Waals surface area (Å²) in [5.41, 5.74) is 1.77. The molecule has 138 valence electrons. The molecule has 0 fully saturated rings. The third-order valence-electron chi connectivity index (χ3n) is 4.51. The molecule has 1 atom stereocenters. The fourth-order valence-corrected chi connectivity index (χ4v) is 3.07. The van der Waals surface area contributed by atoms with Crippen LogP contribution in [0.2, 0.25) is 0 Å². The van der Waals surface area contributed by atoms with Crippen molar-refractivity contribution >= 4 is 5.91 Å². The fraction of sp³-hybridized carbons (Fsp3) is 0.421. The van der Waals surface area contributed by atoms with E-state index in [9.17, 15) is 14.3 Å². The zero-order chi connectivity index (χ0) is 18.4. The summed E-state index contributed by atoms with van der Waals surface area (Å²) < 4.78 is 15.0. The third kappa shape index (κ3) is 4.76. The average molecular weight is 358 g/mol. The lowest BCUT2D eigenvalue weighted by Gasteiger charge is -2.12. The van der Waals surface area contributed by atoms with Gasteiger partial charge in [0, 0.05) is 12.1 Å². The van der Waals surface area contributed by atoms with Crippen LogP contribution in [-0.4, -0.2) is 32.6 Å². The van der Waals surface area contributed by atoms with E-state index >= 15 is 0 Å². The first-order valence-electron chi connectivity index (χ1n) is 8.92. The number of halogens is 1. The Bertz CT molecular complexity index is 787. The van der Waals surface area contributed by atoms with E-state index in [0.717, 1.165) is 19.3 Å². The molecule has 0 radical (unpaired) electrons. The highest BCUT2D eigenvalue weighted by atomic mass is 19.1. The molecule has 1 heterocycles. The predicted molar refractivity (Wildman–Crippen MR) is 94.9 cm³/mol. The maximum Gasteiger partial charge on any atom is 0.273 e. The average Bonchev–Trinajstić information content (AvgIpc) is 3.11. The minimum absolute atomic E-state index is 0.0219. The molecule has 3 rings (SSSR count). The van der Waals surface area contributed by atoms with E-state index in [1.54, 1.807) is 12.1 Å². The molecule has 0 spiro atoms. The number of nitrogens with zero attached hydrogens (tertiary/aromatic N) is 3. The van der Waals surface area contributed by atoms with Gasteiger partial charge in [0.05, 0.1) is 12.7 Å². The van der Waals surface area contributed by atoms with Gasteiger partial charge in [0.15, 0.2) is 5.69 Å². The number of amides is 1. The molecule has 0 aliphatic heterocycles. The molecule has 0 saturated heterocycles. The van der Waals surface area contributed by atoms with E-state index in [0.29, 0.717) is 6.54 Å². The van der Waals surface area contributed by atoms with Crippen LogP contribution in [0.15, 0.2) is 42.1 Å². The van der Waals surface area contributed by atoms with Crippen LogP contribution in [0.4, 0.5) is 4.39 Å². The lowest BCUT2D eigenvalue weighted by atomic mass is 9.97. The molecule has 1 aliphatic rings. The number of allylic oxidation sites excluding steroid dienone is 1. The Morgan fingerprint density at radius 1 is 1.35 bits per heavy atom. The molecule has 1 aromatic carbocycles. The molecule has 2 N–H and O–H groups in total. The van der Waals surface area contributed by atoms with Gasteiger partial charge in [0.25, 0.3) is 5.91 Å². The number of carbonyl (C=O) groups excluding carboxylic acids is 1. The van der Waals surface area contributed by atoms with E-state index < -0.39 is 11.9 Å². The molecule has 1 aromatic heterocycles. The summed E-state index contributed by atoms with van der Waals surface area (Å²) in [4.78, 5) is 12.1. The number of benzene rings is 1. The van der Waals surface area contributed by atoms with Gasteiger partial charge in [-0.3, -0.25) is 4.79 Å². The second kappa shape index (κ2) is 8.71. The number of aliphatic hydroxyl groups excluding tert-OH is 1. The zero-order valence-electron chi connectivity index (χ0n) is 14.6.